The summed E-state index contributed by atoms with van der Waals surface area (Å²) in [4.78, 5) is 1.54. The summed E-state index contributed by atoms with van der Waals surface area (Å²) >= 11 is 2.07. The second-order valence-corrected chi connectivity index (χ2v) is 9.01. The van der Waals surface area contributed by atoms with Gasteiger partial charge in [0.25, 0.3) is 0 Å². The molecule has 2 saturated carbocycles. The summed E-state index contributed by atoms with van der Waals surface area (Å²) in [6, 6.07) is 9.71. The Balaban J connectivity index is 1.50. The zero-order valence-corrected chi connectivity index (χ0v) is 14.1. The molecule has 2 heteroatoms. The Morgan fingerprint density at radius 2 is 2.00 bits per heavy atom. The van der Waals surface area contributed by atoms with Gasteiger partial charge in [0.2, 0.25) is 0 Å². The fraction of sp³-hybridized carbons (Fsp3) is 0.684. The van der Waals surface area contributed by atoms with Crippen molar-refractivity contribution in [3.05, 3.63) is 29.8 Å². The number of rotatable bonds is 5. The minimum atomic E-state index is 0.584. The molecule has 114 valence electrons. The number of benzene rings is 1. The molecule has 1 aromatic rings. The Hall–Kier alpha value is -0.470. The highest BCUT2D eigenvalue weighted by Gasteiger charge is 2.54. The van der Waals surface area contributed by atoms with E-state index >= 15 is 0 Å². The third-order valence-electron chi connectivity index (χ3n) is 5.82. The van der Waals surface area contributed by atoms with Gasteiger partial charge < -0.3 is 5.32 Å². The lowest BCUT2D eigenvalue weighted by atomic mass is 9.74. The highest BCUT2D eigenvalue weighted by atomic mass is 32.2. The number of nitrogens with one attached hydrogen (secondary N) is 1. The van der Waals surface area contributed by atoms with E-state index in [0.717, 1.165) is 17.8 Å². The molecule has 0 aromatic heterocycles. The van der Waals surface area contributed by atoms with E-state index in [1.165, 1.54) is 42.9 Å². The Morgan fingerprint density at radius 3 is 2.76 bits per heavy atom. The van der Waals surface area contributed by atoms with Crippen LogP contribution in [-0.4, -0.2) is 18.3 Å². The van der Waals surface area contributed by atoms with Crippen LogP contribution in [0, 0.1) is 17.3 Å². The molecule has 2 fully saturated rings. The van der Waals surface area contributed by atoms with Crippen LogP contribution in [0.15, 0.2) is 29.2 Å². The van der Waals surface area contributed by atoms with Crippen LogP contribution in [0.25, 0.3) is 0 Å². The second kappa shape index (κ2) is 5.31. The van der Waals surface area contributed by atoms with Crippen LogP contribution in [0.5, 0.6) is 0 Å². The standard InChI is InChI=1S/C19H27NS/c1-13(2)20-12-19(8-14-7-15(14)9-19)10-16-11-21-18-6-4-3-5-17(16)18/h3-6,13-16,20H,7-12H2,1-2H3. The third-order valence-corrected chi connectivity index (χ3v) is 7.07. The normalized spacial score (nSPS) is 36.8. The summed E-state index contributed by atoms with van der Waals surface area (Å²) in [5.41, 5.74) is 2.22. The molecule has 4 rings (SSSR count). The number of fused-ring (bicyclic) bond motifs is 2. The van der Waals surface area contributed by atoms with Gasteiger partial charge in [0.05, 0.1) is 0 Å². The summed E-state index contributed by atoms with van der Waals surface area (Å²) < 4.78 is 0. The molecule has 1 aliphatic heterocycles. The largest absolute Gasteiger partial charge is 0.314 e. The van der Waals surface area contributed by atoms with Crippen molar-refractivity contribution in [2.45, 2.75) is 56.4 Å². The fourth-order valence-electron chi connectivity index (χ4n) is 4.73. The molecule has 1 N–H and O–H groups in total. The summed E-state index contributed by atoms with van der Waals surface area (Å²) in [6.07, 6.45) is 5.91. The minimum Gasteiger partial charge on any atom is -0.314 e. The molecule has 1 heterocycles. The Bertz CT molecular complexity index is 514. The van der Waals surface area contributed by atoms with E-state index < -0.39 is 0 Å². The number of hydrogen-bond donors (Lipinski definition) is 1. The minimum absolute atomic E-state index is 0.584. The van der Waals surface area contributed by atoms with Gasteiger partial charge in [-0.25, -0.2) is 0 Å². The zero-order chi connectivity index (χ0) is 14.4. The van der Waals surface area contributed by atoms with E-state index in [2.05, 4.69) is 55.2 Å². The van der Waals surface area contributed by atoms with E-state index in [0.29, 0.717) is 11.5 Å². The fourth-order valence-corrected chi connectivity index (χ4v) is 5.99. The quantitative estimate of drug-likeness (QED) is 0.847. The van der Waals surface area contributed by atoms with Gasteiger partial charge in [-0.05, 0) is 60.5 Å². The molecule has 3 aliphatic rings. The van der Waals surface area contributed by atoms with Crippen LogP contribution in [0.3, 0.4) is 0 Å². The van der Waals surface area contributed by atoms with Crippen molar-refractivity contribution in [2.75, 3.05) is 12.3 Å². The van der Waals surface area contributed by atoms with Crippen LogP contribution in [0.2, 0.25) is 0 Å². The summed E-state index contributed by atoms with van der Waals surface area (Å²) in [6.45, 7) is 5.80. The van der Waals surface area contributed by atoms with Crippen LogP contribution < -0.4 is 5.32 Å². The smallest absolute Gasteiger partial charge is 0.0107 e. The van der Waals surface area contributed by atoms with Gasteiger partial charge in [-0.15, -0.1) is 11.8 Å². The van der Waals surface area contributed by atoms with E-state index in [4.69, 9.17) is 0 Å². The lowest BCUT2D eigenvalue weighted by molar-refractivity contribution is 0.211. The van der Waals surface area contributed by atoms with Gasteiger partial charge in [0, 0.05) is 23.2 Å². The number of hydrogen-bond acceptors (Lipinski definition) is 2. The van der Waals surface area contributed by atoms with Gasteiger partial charge in [-0.2, -0.15) is 0 Å². The first-order valence-corrected chi connectivity index (χ1v) is 9.59. The second-order valence-electron chi connectivity index (χ2n) is 7.95. The Morgan fingerprint density at radius 1 is 1.24 bits per heavy atom. The van der Waals surface area contributed by atoms with Crippen molar-refractivity contribution >= 4 is 11.8 Å². The zero-order valence-electron chi connectivity index (χ0n) is 13.3. The summed E-state index contributed by atoms with van der Waals surface area (Å²) in [5, 5.41) is 3.76. The molecule has 0 saturated heterocycles. The van der Waals surface area contributed by atoms with E-state index in [1.54, 1.807) is 5.56 Å². The monoisotopic (exact) mass is 301 g/mol. The van der Waals surface area contributed by atoms with Crippen molar-refractivity contribution < 1.29 is 0 Å². The molecule has 1 aromatic carbocycles. The SMILES string of the molecule is CC(C)NCC1(CC2CSc3ccccc32)CC2CC2C1. The maximum Gasteiger partial charge on any atom is 0.0107 e. The van der Waals surface area contributed by atoms with E-state index in [-0.39, 0.29) is 0 Å². The van der Waals surface area contributed by atoms with Crippen LogP contribution >= 0.6 is 11.8 Å². The third kappa shape index (κ3) is 2.77. The van der Waals surface area contributed by atoms with Crippen LogP contribution in [0.4, 0.5) is 0 Å². The van der Waals surface area contributed by atoms with Crippen molar-refractivity contribution in [3.63, 3.8) is 0 Å². The summed E-state index contributed by atoms with van der Waals surface area (Å²) in [5.74, 6) is 4.24. The predicted molar refractivity (Wildman–Crippen MR) is 90.9 cm³/mol. The lowest BCUT2D eigenvalue weighted by Gasteiger charge is -2.35. The van der Waals surface area contributed by atoms with Crippen molar-refractivity contribution in [3.8, 4) is 0 Å². The van der Waals surface area contributed by atoms with Crippen LogP contribution in [0.1, 0.15) is 51.0 Å². The van der Waals surface area contributed by atoms with Crippen molar-refractivity contribution in [1.82, 2.24) is 5.32 Å². The van der Waals surface area contributed by atoms with E-state index in [9.17, 15) is 0 Å². The molecule has 1 nitrogen and oxygen atoms in total. The number of thioether (sulfide) groups is 1. The molecule has 0 amide bonds. The molecular formula is C19H27NS. The molecule has 3 unspecified atom stereocenters. The predicted octanol–water partition coefficient (Wildman–Crippen LogP) is 4.68. The maximum atomic E-state index is 3.76. The molecule has 21 heavy (non-hydrogen) atoms. The molecule has 0 spiro atoms. The van der Waals surface area contributed by atoms with Crippen molar-refractivity contribution in [1.29, 1.82) is 0 Å². The highest BCUT2D eigenvalue weighted by Crippen LogP contribution is 2.62. The Labute approximate surface area is 133 Å². The van der Waals surface area contributed by atoms with Gasteiger partial charge in [-0.3, -0.25) is 0 Å². The molecule has 2 aliphatic carbocycles. The summed E-state index contributed by atoms with van der Waals surface area (Å²) in [7, 11) is 0. The lowest BCUT2D eigenvalue weighted by Crippen LogP contribution is -2.38. The van der Waals surface area contributed by atoms with Crippen LogP contribution in [-0.2, 0) is 0 Å². The molecular weight excluding hydrogens is 274 g/mol. The highest BCUT2D eigenvalue weighted by molar-refractivity contribution is 7.99. The van der Waals surface area contributed by atoms with Gasteiger partial charge in [0.1, 0.15) is 0 Å². The van der Waals surface area contributed by atoms with Gasteiger partial charge in [-0.1, -0.05) is 32.0 Å². The average molecular weight is 301 g/mol. The maximum absolute atomic E-state index is 3.76. The average Bonchev–Trinajstić information content (AvgIpc) is 2.92. The molecule has 0 bridgehead atoms. The van der Waals surface area contributed by atoms with Gasteiger partial charge in [0.15, 0.2) is 0 Å². The first kappa shape index (κ1) is 14.1. The van der Waals surface area contributed by atoms with Gasteiger partial charge >= 0.3 is 0 Å². The Kier molecular flexibility index (Phi) is 3.58. The van der Waals surface area contributed by atoms with E-state index in [1.807, 2.05) is 0 Å². The van der Waals surface area contributed by atoms with Crippen molar-refractivity contribution in [2.24, 2.45) is 17.3 Å². The molecule has 0 radical (unpaired) electrons. The first-order valence-electron chi connectivity index (χ1n) is 8.60. The first-order chi connectivity index (χ1) is 10.2. The topological polar surface area (TPSA) is 12.0 Å². The molecule has 3 atom stereocenters.